The molecule has 1 N–H and O–H groups in total. The Morgan fingerprint density at radius 3 is 2.53 bits per heavy atom. The SMILES string of the molecule is CC(=O)OC[C@@H](O)COC(=O)CC(C)CC[C@]1(C)C2=CCCC(C)(C)[C@H]2CC[C@@H]1C. The third-order valence-corrected chi connectivity index (χ3v) is 7.69. The highest BCUT2D eigenvalue weighted by molar-refractivity contribution is 5.69. The first-order chi connectivity index (χ1) is 14.0. The maximum atomic E-state index is 12.2. The van der Waals surface area contributed by atoms with Crippen molar-refractivity contribution < 1.29 is 24.2 Å². The van der Waals surface area contributed by atoms with Gasteiger partial charge in [-0.3, -0.25) is 9.59 Å². The summed E-state index contributed by atoms with van der Waals surface area (Å²) in [5.41, 5.74) is 2.26. The second-order valence-electron chi connectivity index (χ2n) is 10.6. The molecule has 0 saturated heterocycles. The van der Waals surface area contributed by atoms with Gasteiger partial charge in [0, 0.05) is 13.3 Å². The number of hydrogen-bond donors (Lipinski definition) is 1. The van der Waals surface area contributed by atoms with Crippen LogP contribution in [0, 0.1) is 28.6 Å². The van der Waals surface area contributed by atoms with Crippen molar-refractivity contribution in [1.82, 2.24) is 0 Å². The maximum Gasteiger partial charge on any atom is 0.306 e. The van der Waals surface area contributed by atoms with Crippen molar-refractivity contribution in [2.75, 3.05) is 13.2 Å². The Labute approximate surface area is 182 Å². The van der Waals surface area contributed by atoms with E-state index in [1.807, 2.05) is 0 Å². The predicted molar refractivity (Wildman–Crippen MR) is 118 cm³/mol. The molecule has 0 aromatic rings. The zero-order chi connectivity index (χ0) is 22.5. The average molecular weight is 423 g/mol. The van der Waals surface area contributed by atoms with Crippen LogP contribution in [0.25, 0.3) is 0 Å². The van der Waals surface area contributed by atoms with Gasteiger partial charge >= 0.3 is 11.9 Å². The monoisotopic (exact) mass is 422 g/mol. The van der Waals surface area contributed by atoms with Gasteiger partial charge in [-0.25, -0.2) is 0 Å². The van der Waals surface area contributed by atoms with Crippen LogP contribution < -0.4 is 0 Å². The fraction of sp³-hybridized carbons (Fsp3) is 0.840. The molecule has 2 rings (SSSR count). The van der Waals surface area contributed by atoms with Crippen LogP contribution in [-0.4, -0.2) is 36.4 Å². The molecule has 5 heteroatoms. The highest BCUT2D eigenvalue weighted by Gasteiger charge is 2.47. The number of esters is 2. The Morgan fingerprint density at radius 2 is 1.87 bits per heavy atom. The fourth-order valence-corrected chi connectivity index (χ4v) is 5.37. The van der Waals surface area contributed by atoms with E-state index in [4.69, 9.17) is 9.47 Å². The normalized spacial score (nSPS) is 29.9. The van der Waals surface area contributed by atoms with Crippen molar-refractivity contribution in [2.24, 2.45) is 28.6 Å². The molecule has 0 heterocycles. The molecule has 1 saturated carbocycles. The molecule has 2 aliphatic carbocycles. The lowest BCUT2D eigenvalue weighted by Gasteiger charge is -2.53. The van der Waals surface area contributed by atoms with Crippen LogP contribution in [0.4, 0.5) is 0 Å². The molecule has 0 spiro atoms. The van der Waals surface area contributed by atoms with E-state index in [9.17, 15) is 14.7 Å². The van der Waals surface area contributed by atoms with Gasteiger partial charge in [-0.15, -0.1) is 0 Å². The maximum absolute atomic E-state index is 12.2. The molecule has 0 aliphatic heterocycles. The number of ether oxygens (including phenoxy) is 2. The molecule has 5 atom stereocenters. The van der Waals surface area contributed by atoms with E-state index in [0.717, 1.165) is 12.8 Å². The number of allylic oxidation sites excluding steroid dienone is 2. The van der Waals surface area contributed by atoms with Gasteiger partial charge in [-0.2, -0.15) is 0 Å². The van der Waals surface area contributed by atoms with Gasteiger partial charge in [0.15, 0.2) is 0 Å². The Morgan fingerprint density at radius 1 is 1.20 bits per heavy atom. The molecule has 2 aliphatic rings. The summed E-state index contributed by atoms with van der Waals surface area (Å²) < 4.78 is 9.88. The summed E-state index contributed by atoms with van der Waals surface area (Å²) >= 11 is 0. The molecular weight excluding hydrogens is 380 g/mol. The fourth-order valence-electron chi connectivity index (χ4n) is 5.37. The van der Waals surface area contributed by atoms with Crippen molar-refractivity contribution in [3.05, 3.63) is 11.6 Å². The van der Waals surface area contributed by atoms with Crippen molar-refractivity contribution in [3.63, 3.8) is 0 Å². The van der Waals surface area contributed by atoms with Crippen molar-refractivity contribution in [1.29, 1.82) is 0 Å². The highest BCUT2D eigenvalue weighted by atomic mass is 16.6. The summed E-state index contributed by atoms with van der Waals surface area (Å²) in [5.74, 6) is 0.806. The molecule has 0 radical (unpaired) electrons. The minimum Gasteiger partial charge on any atom is -0.463 e. The van der Waals surface area contributed by atoms with E-state index in [1.165, 1.54) is 32.6 Å². The van der Waals surface area contributed by atoms with E-state index >= 15 is 0 Å². The highest BCUT2D eigenvalue weighted by Crippen LogP contribution is 2.58. The van der Waals surface area contributed by atoms with Gasteiger partial charge in [0.25, 0.3) is 0 Å². The van der Waals surface area contributed by atoms with Crippen LogP contribution in [0.2, 0.25) is 0 Å². The molecule has 0 bridgehead atoms. The number of carbonyl (C=O) groups excluding carboxylic acids is 2. The van der Waals surface area contributed by atoms with Crippen LogP contribution in [0.15, 0.2) is 11.6 Å². The quantitative estimate of drug-likeness (QED) is 0.415. The Bertz CT molecular complexity index is 637. The van der Waals surface area contributed by atoms with Crippen LogP contribution in [0.1, 0.15) is 86.5 Å². The Hall–Kier alpha value is -1.36. The zero-order valence-electron chi connectivity index (χ0n) is 19.8. The first kappa shape index (κ1) is 24.9. The molecule has 172 valence electrons. The van der Waals surface area contributed by atoms with Gasteiger partial charge in [0.05, 0.1) is 0 Å². The van der Waals surface area contributed by atoms with Gasteiger partial charge in [-0.1, -0.05) is 46.3 Å². The number of carbonyl (C=O) groups is 2. The molecular formula is C25H42O5. The lowest BCUT2D eigenvalue weighted by Crippen LogP contribution is -2.43. The Kier molecular flexibility index (Phi) is 8.55. The summed E-state index contributed by atoms with van der Waals surface area (Å²) in [6, 6.07) is 0. The van der Waals surface area contributed by atoms with Gasteiger partial charge < -0.3 is 14.6 Å². The van der Waals surface area contributed by atoms with Gasteiger partial charge in [0.2, 0.25) is 0 Å². The third kappa shape index (κ3) is 6.32. The van der Waals surface area contributed by atoms with E-state index < -0.39 is 12.1 Å². The molecule has 5 nitrogen and oxygen atoms in total. The number of hydrogen-bond acceptors (Lipinski definition) is 5. The smallest absolute Gasteiger partial charge is 0.306 e. The molecule has 1 fully saturated rings. The lowest BCUT2D eigenvalue weighted by atomic mass is 9.52. The predicted octanol–water partition coefficient (Wildman–Crippen LogP) is 5.06. The summed E-state index contributed by atoms with van der Waals surface area (Å²) in [7, 11) is 0. The van der Waals surface area contributed by atoms with Gasteiger partial charge in [0.1, 0.15) is 19.3 Å². The minimum atomic E-state index is -0.978. The molecule has 1 unspecified atom stereocenters. The topological polar surface area (TPSA) is 72.8 Å². The van der Waals surface area contributed by atoms with Crippen LogP contribution >= 0.6 is 0 Å². The largest absolute Gasteiger partial charge is 0.463 e. The summed E-state index contributed by atoms with van der Waals surface area (Å²) in [6.07, 6.45) is 9.00. The summed E-state index contributed by atoms with van der Waals surface area (Å²) in [6.45, 7) is 12.8. The van der Waals surface area contributed by atoms with Crippen LogP contribution in [0.3, 0.4) is 0 Å². The van der Waals surface area contributed by atoms with Gasteiger partial charge in [-0.05, 0) is 67.1 Å². The zero-order valence-corrected chi connectivity index (χ0v) is 19.8. The van der Waals surface area contributed by atoms with E-state index in [0.29, 0.717) is 23.7 Å². The third-order valence-electron chi connectivity index (χ3n) is 7.69. The average Bonchev–Trinajstić information content (AvgIpc) is 2.66. The van der Waals surface area contributed by atoms with Crippen LogP contribution in [-0.2, 0) is 19.1 Å². The summed E-state index contributed by atoms with van der Waals surface area (Å²) in [4.78, 5) is 22.9. The van der Waals surface area contributed by atoms with E-state index in [1.54, 1.807) is 5.57 Å². The van der Waals surface area contributed by atoms with Crippen LogP contribution in [0.5, 0.6) is 0 Å². The molecule has 0 amide bonds. The second kappa shape index (κ2) is 10.3. The summed E-state index contributed by atoms with van der Waals surface area (Å²) in [5, 5.41) is 9.71. The van der Waals surface area contributed by atoms with E-state index in [-0.39, 0.29) is 30.5 Å². The van der Waals surface area contributed by atoms with E-state index in [2.05, 4.69) is 40.7 Å². The van der Waals surface area contributed by atoms with Crippen molar-refractivity contribution in [2.45, 2.75) is 92.6 Å². The van der Waals surface area contributed by atoms with Crippen molar-refractivity contribution in [3.8, 4) is 0 Å². The molecule has 0 aromatic heterocycles. The molecule has 0 aromatic carbocycles. The number of aliphatic hydroxyl groups is 1. The second-order valence-corrected chi connectivity index (χ2v) is 10.6. The first-order valence-electron chi connectivity index (χ1n) is 11.6. The number of rotatable bonds is 9. The molecule has 30 heavy (non-hydrogen) atoms. The first-order valence-corrected chi connectivity index (χ1v) is 11.6. The van der Waals surface area contributed by atoms with Crippen molar-refractivity contribution >= 4 is 11.9 Å². The lowest BCUT2D eigenvalue weighted by molar-refractivity contribution is -0.151. The standard InChI is InChI=1S/C25H42O5/c1-17(14-23(28)30-16-20(27)15-29-19(3)26)11-13-25(6)18(2)9-10-21-22(25)8-7-12-24(21,4)5/h8,17-18,20-21,27H,7,9-16H2,1-6H3/t17?,18-,20+,21-,25-/m0/s1. The minimum absolute atomic E-state index is 0.142. The number of aliphatic hydroxyl groups excluding tert-OH is 1. The number of fused-ring (bicyclic) bond motifs is 1. The Balaban J connectivity index is 1.85.